The largest absolute Gasteiger partial charge is 0.371 e. The Morgan fingerprint density at radius 2 is 2.04 bits per heavy atom. The third-order valence-electron chi connectivity index (χ3n) is 5.32. The number of aryl methyl sites for hydroxylation is 1. The number of benzene rings is 1. The van der Waals surface area contributed by atoms with Crippen LogP contribution >= 0.6 is 0 Å². The molecule has 0 saturated carbocycles. The molecule has 2 fully saturated rings. The topological polar surface area (TPSA) is 79.4 Å². The number of hydrogen-bond acceptors (Lipinski definition) is 6. The number of aromatic nitrogens is 2. The van der Waals surface area contributed by atoms with Crippen LogP contribution in [0, 0.1) is 6.92 Å². The van der Waals surface area contributed by atoms with Crippen LogP contribution in [0.3, 0.4) is 0 Å². The second kappa shape index (κ2) is 7.75. The smallest absolute Gasteiger partial charge is 0.251 e. The van der Waals surface area contributed by atoms with Crippen molar-refractivity contribution < 1.29 is 9.53 Å². The van der Waals surface area contributed by atoms with Crippen molar-refractivity contribution in [3.63, 3.8) is 0 Å². The summed E-state index contributed by atoms with van der Waals surface area (Å²) in [6.45, 7) is 7.80. The number of nitrogens with one attached hydrogen (secondary N) is 2. The maximum absolute atomic E-state index is 12.5. The van der Waals surface area contributed by atoms with E-state index in [9.17, 15) is 4.79 Å². The van der Waals surface area contributed by atoms with Crippen LogP contribution in [0.1, 0.15) is 41.6 Å². The first-order chi connectivity index (χ1) is 13.6. The lowest BCUT2D eigenvalue weighted by atomic mass is 9.90. The first-order valence-electron chi connectivity index (χ1n) is 9.92. The first-order valence-corrected chi connectivity index (χ1v) is 9.92. The summed E-state index contributed by atoms with van der Waals surface area (Å²) < 4.78 is 5.88. The van der Waals surface area contributed by atoms with Gasteiger partial charge in [-0.25, -0.2) is 9.97 Å². The normalized spacial score (nSPS) is 17.4. The molecule has 2 aromatic rings. The zero-order chi connectivity index (χ0) is 19.6. The van der Waals surface area contributed by atoms with Crippen LogP contribution in [0.2, 0.25) is 0 Å². The van der Waals surface area contributed by atoms with Gasteiger partial charge in [-0.05, 0) is 51.0 Å². The van der Waals surface area contributed by atoms with Gasteiger partial charge in [-0.3, -0.25) is 4.79 Å². The molecule has 7 nitrogen and oxygen atoms in total. The molecule has 148 valence electrons. The Morgan fingerprint density at radius 3 is 2.71 bits per heavy atom. The zero-order valence-corrected chi connectivity index (χ0v) is 16.5. The van der Waals surface area contributed by atoms with Crippen LogP contribution in [0.4, 0.5) is 11.5 Å². The summed E-state index contributed by atoms with van der Waals surface area (Å²) in [7, 11) is 0. The van der Waals surface area contributed by atoms with Gasteiger partial charge in [-0.1, -0.05) is 0 Å². The molecule has 1 aromatic carbocycles. The van der Waals surface area contributed by atoms with Gasteiger partial charge in [0.2, 0.25) is 0 Å². The minimum absolute atomic E-state index is 0.0806. The second-order valence-electron chi connectivity index (χ2n) is 7.54. The number of carbonyl (C=O) groups excluding carboxylic acids is 1. The molecular formula is C21H27N5O2. The molecule has 4 rings (SSSR count). The molecule has 1 amide bonds. The Balaban J connectivity index is 1.33. The summed E-state index contributed by atoms with van der Waals surface area (Å²) in [5.41, 5.74) is 2.65. The zero-order valence-electron chi connectivity index (χ0n) is 16.5. The van der Waals surface area contributed by atoms with Gasteiger partial charge < -0.3 is 20.3 Å². The van der Waals surface area contributed by atoms with Crippen molar-refractivity contribution in [1.29, 1.82) is 0 Å². The van der Waals surface area contributed by atoms with Crippen molar-refractivity contribution in [2.75, 3.05) is 36.5 Å². The minimum atomic E-state index is -0.105. The number of nitrogens with zero attached hydrogens (tertiary/aromatic N) is 3. The molecular weight excluding hydrogens is 354 g/mol. The number of ether oxygens (including phenoxy) is 1. The van der Waals surface area contributed by atoms with Crippen molar-refractivity contribution in [3.8, 4) is 0 Å². The van der Waals surface area contributed by atoms with Crippen molar-refractivity contribution in [2.24, 2.45) is 0 Å². The van der Waals surface area contributed by atoms with E-state index in [1.165, 1.54) is 0 Å². The SMILES string of the molecule is CCNc1cc(CNC(=O)c2ccc(N3CC4(CCCO4)C3)cc2)nc(C)n1. The Kier molecular flexibility index (Phi) is 5.17. The molecule has 2 N–H and O–H groups in total. The van der Waals surface area contributed by atoms with E-state index in [1.807, 2.05) is 44.2 Å². The predicted molar refractivity (Wildman–Crippen MR) is 109 cm³/mol. The molecule has 0 bridgehead atoms. The van der Waals surface area contributed by atoms with Crippen molar-refractivity contribution >= 4 is 17.4 Å². The molecule has 1 aromatic heterocycles. The van der Waals surface area contributed by atoms with E-state index in [1.54, 1.807) is 0 Å². The maximum Gasteiger partial charge on any atom is 0.251 e. The lowest BCUT2D eigenvalue weighted by Crippen LogP contribution is -2.61. The lowest BCUT2D eigenvalue weighted by Gasteiger charge is -2.48. The van der Waals surface area contributed by atoms with Gasteiger partial charge in [-0.2, -0.15) is 0 Å². The van der Waals surface area contributed by atoms with Gasteiger partial charge in [0.1, 0.15) is 17.2 Å². The molecule has 1 spiro atoms. The highest BCUT2D eigenvalue weighted by Gasteiger charge is 2.46. The van der Waals surface area contributed by atoms with Crippen LogP contribution in [0.5, 0.6) is 0 Å². The van der Waals surface area contributed by atoms with E-state index in [-0.39, 0.29) is 11.5 Å². The Bertz CT molecular complexity index is 838. The maximum atomic E-state index is 12.5. The highest BCUT2D eigenvalue weighted by molar-refractivity contribution is 5.94. The lowest BCUT2D eigenvalue weighted by molar-refractivity contribution is -0.0180. The van der Waals surface area contributed by atoms with Crippen LogP contribution in [-0.2, 0) is 11.3 Å². The van der Waals surface area contributed by atoms with Crippen molar-refractivity contribution in [2.45, 2.75) is 38.8 Å². The molecule has 0 aliphatic carbocycles. The van der Waals surface area contributed by atoms with Gasteiger partial charge in [0, 0.05) is 43.6 Å². The summed E-state index contributed by atoms with van der Waals surface area (Å²) in [6, 6.07) is 9.63. The van der Waals surface area contributed by atoms with E-state index in [4.69, 9.17) is 4.74 Å². The third kappa shape index (κ3) is 3.94. The number of anilines is 2. The average molecular weight is 381 g/mol. The van der Waals surface area contributed by atoms with E-state index in [0.717, 1.165) is 56.3 Å². The molecule has 0 atom stereocenters. The van der Waals surface area contributed by atoms with Crippen LogP contribution in [0.25, 0.3) is 0 Å². The molecule has 2 aliphatic rings. The first kappa shape index (κ1) is 18.7. The standard InChI is InChI=1S/C21H27N5O2/c1-3-22-19-11-17(24-15(2)25-19)12-23-20(27)16-5-7-18(8-6-16)26-13-21(14-26)9-4-10-28-21/h5-8,11H,3-4,9-10,12-14H2,1-2H3,(H,23,27)(H,22,24,25). The third-order valence-corrected chi connectivity index (χ3v) is 5.32. The number of carbonyl (C=O) groups is 1. The van der Waals surface area contributed by atoms with Crippen LogP contribution in [0.15, 0.2) is 30.3 Å². The summed E-state index contributed by atoms with van der Waals surface area (Å²) in [4.78, 5) is 23.5. The Hall–Kier alpha value is -2.67. The number of rotatable bonds is 6. The van der Waals surface area contributed by atoms with Gasteiger partial charge >= 0.3 is 0 Å². The molecule has 2 saturated heterocycles. The fraction of sp³-hybridized carbons (Fsp3) is 0.476. The van der Waals surface area contributed by atoms with E-state index in [2.05, 4.69) is 25.5 Å². The Labute approximate surface area is 165 Å². The van der Waals surface area contributed by atoms with Crippen molar-refractivity contribution in [3.05, 3.63) is 47.4 Å². The Morgan fingerprint density at radius 1 is 1.25 bits per heavy atom. The molecule has 7 heteroatoms. The molecule has 28 heavy (non-hydrogen) atoms. The second-order valence-corrected chi connectivity index (χ2v) is 7.54. The van der Waals surface area contributed by atoms with E-state index < -0.39 is 0 Å². The quantitative estimate of drug-likeness (QED) is 0.800. The summed E-state index contributed by atoms with van der Waals surface area (Å²) in [6.07, 6.45) is 2.32. The van der Waals surface area contributed by atoms with Crippen LogP contribution in [-0.4, -0.2) is 47.7 Å². The van der Waals surface area contributed by atoms with Gasteiger partial charge in [0.25, 0.3) is 5.91 Å². The number of hydrogen-bond donors (Lipinski definition) is 2. The van der Waals surface area contributed by atoms with Gasteiger partial charge in [-0.15, -0.1) is 0 Å². The van der Waals surface area contributed by atoms with Gasteiger partial charge in [0.15, 0.2) is 0 Å². The van der Waals surface area contributed by atoms with E-state index in [0.29, 0.717) is 17.9 Å². The fourth-order valence-corrected chi connectivity index (χ4v) is 3.92. The summed E-state index contributed by atoms with van der Waals surface area (Å²) in [5.74, 6) is 1.36. The highest BCUT2D eigenvalue weighted by Crippen LogP contribution is 2.37. The molecule has 3 heterocycles. The summed E-state index contributed by atoms with van der Waals surface area (Å²) in [5, 5.41) is 6.11. The monoisotopic (exact) mass is 381 g/mol. The molecule has 2 aliphatic heterocycles. The average Bonchev–Trinajstić information content (AvgIpc) is 3.15. The fourth-order valence-electron chi connectivity index (χ4n) is 3.92. The van der Waals surface area contributed by atoms with E-state index >= 15 is 0 Å². The summed E-state index contributed by atoms with van der Waals surface area (Å²) >= 11 is 0. The van der Waals surface area contributed by atoms with Crippen molar-refractivity contribution in [1.82, 2.24) is 15.3 Å². The van der Waals surface area contributed by atoms with Gasteiger partial charge in [0.05, 0.1) is 12.2 Å². The minimum Gasteiger partial charge on any atom is -0.371 e. The highest BCUT2D eigenvalue weighted by atomic mass is 16.5. The number of amides is 1. The van der Waals surface area contributed by atoms with Crippen LogP contribution < -0.4 is 15.5 Å². The molecule has 0 radical (unpaired) electrons. The predicted octanol–water partition coefficient (Wildman–Crippen LogP) is 2.52. The molecule has 0 unspecified atom stereocenters.